The number of carbonyl (C=O) groups excluding carboxylic acids is 1. The Bertz CT molecular complexity index is 1880. The number of imidazole rings is 1. The van der Waals surface area contributed by atoms with E-state index in [4.69, 9.17) is 15.0 Å². The van der Waals surface area contributed by atoms with Crippen LogP contribution in [0.1, 0.15) is 42.3 Å². The van der Waals surface area contributed by atoms with Crippen molar-refractivity contribution in [3.05, 3.63) is 90.2 Å². The molecule has 0 spiro atoms. The van der Waals surface area contributed by atoms with Crippen molar-refractivity contribution >= 4 is 28.3 Å². The maximum absolute atomic E-state index is 13.6. The molecule has 10 heteroatoms. The molecule has 5 aromatic rings. The number of amides is 1. The fourth-order valence-corrected chi connectivity index (χ4v) is 5.92. The molecule has 208 valence electrons. The van der Waals surface area contributed by atoms with Gasteiger partial charge in [0.2, 0.25) is 5.91 Å². The van der Waals surface area contributed by atoms with Crippen LogP contribution >= 0.6 is 0 Å². The number of fused-ring (bicyclic) bond motifs is 4. The van der Waals surface area contributed by atoms with Crippen LogP contribution in [0.4, 0.5) is 10.1 Å². The Hall–Kier alpha value is -4.83. The van der Waals surface area contributed by atoms with Gasteiger partial charge >= 0.3 is 0 Å². The molecule has 9 nitrogen and oxygen atoms in total. The third kappa shape index (κ3) is 4.26. The number of carbonyl (C=O) groups is 1. The van der Waals surface area contributed by atoms with Crippen molar-refractivity contribution in [1.82, 2.24) is 30.2 Å². The minimum absolute atomic E-state index is 0.0533. The first-order valence-corrected chi connectivity index (χ1v) is 14.3. The molecule has 8 rings (SSSR count). The van der Waals surface area contributed by atoms with Crippen LogP contribution in [0.15, 0.2) is 72.2 Å². The van der Waals surface area contributed by atoms with Crippen LogP contribution in [0.3, 0.4) is 0 Å². The summed E-state index contributed by atoms with van der Waals surface area (Å²) in [5.74, 6) is 0.724. The number of halogens is 1. The Kier molecular flexibility index (Phi) is 5.88. The van der Waals surface area contributed by atoms with E-state index in [9.17, 15) is 9.18 Å². The molecule has 1 aliphatic carbocycles. The topological polar surface area (TPSA) is 121 Å². The number of hydrogen-bond acceptors (Lipinski definition) is 7. The molecule has 1 saturated heterocycles. The molecule has 2 atom stereocenters. The SMILES string of the molecule is O=C(Nc1cncc(-c2cnc3c(c2)C(c2nc4c(-c5ccc(F)cc5)nccc4[nH]2)=NCC2NCC32)c1)C1CCC1. The van der Waals surface area contributed by atoms with E-state index in [1.807, 2.05) is 18.3 Å². The van der Waals surface area contributed by atoms with Crippen LogP contribution in [0.2, 0.25) is 0 Å². The van der Waals surface area contributed by atoms with Crippen molar-refractivity contribution in [2.24, 2.45) is 10.9 Å². The average Bonchev–Trinajstić information content (AvgIpc) is 3.35. The van der Waals surface area contributed by atoms with Gasteiger partial charge in [-0.2, -0.15) is 0 Å². The Labute approximate surface area is 240 Å². The summed E-state index contributed by atoms with van der Waals surface area (Å²) in [6, 6.07) is 12.4. The molecule has 2 fully saturated rings. The third-order valence-corrected chi connectivity index (χ3v) is 8.61. The minimum atomic E-state index is -0.300. The van der Waals surface area contributed by atoms with Crippen molar-refractivity contribution in [3.63, 3.8) is 0 Å². The fourth-order valence-electron chi connectivity index (χ4n) is 5.92. The van der Waals surface area contributed by atoms with Gasteiger partial charge in [-0.25, -0.2) is 9.37 Å². The number of anilines is 1. The smallest absolute Gasteiger partial charge is 0.227 e. The molecule has 3 N–H and O–H groups in total. The van der Waals surface area contributed by atoms with E-state index in [0.29, 0.717) is 29.3 Å². The third-order valence-electron chi connectivity index (χ3n) is 8.61. The highest BCUT2D eigenvalue weighted by molar-refractivity contribution is 6.13. The Morgan fingerprint density at radius 2 is 1.83 bits per heavy atom. The van der Waals surface area contributed by atoms with Crippen LogP contribution in [-0.2, 0) is 4.79 Å². The summed E-state index contributed by atoms with van der Waals surface area (Å²) < 4.78 is 13.6. The van der Waals surface area contributed by atoms with Gasteiger partial charge in [0.1, 0.15) is 17.0 Å². The molecule has 4 aromatic heterocycles. The first kappa shape index (κ1) is 24.9. The van der Waals surface area contributed by atoms with Crippen molar-refractivity contribution < 1.29 is 9.18 Å². The first-order chi connectivity index (χ1) is 20.6. The molecule has 0 bridgehead atoms. The first-order valence-electron chi connectivity index (χ1n) is 14.3. The maximum atomic E-state index is 13.6. The van der Waals surface area contributed by atoms with E-state index in [1.165, 1.54) is 12.1 Å². The predicted molar refractivity (Wildman–Crippen MR) is 158 cm³/mol. The van der Waals surface area contributed by atoms with E-state index < -0.39 is 0 Å². The Morgan fingerprint density at radius 1 is 0.976 bits per heavy atom. The van der Waals surface area contributed by atoms with E-state index in [1.54, 1.807) is 30.7 Å². The molecule has 2 unspecified atom stereocenters. The summed E-state index contributed by atoms with van der Waals surface area (Å²) in [5.41, 5.74) is 8.01. The molecule has 1 aromatic carbocycles. The molecule has 42 heavy (non-hydrogen) atoms. The van der Waals surface area contributed by atoms with Crippen molar-refractivity contribution in [2.75, 3.05) is 18.4 Å². The zero-order valence-electron chi connectivity index (χ0n) is 22.6. The number of nitrogens with zero attached hydrogens (tertiary/aromatic N) is 5. The van der Waals surface area contributed by atoms with Gasteiger partial charge in [-0.3, -0.25) is 24.7 Å². The maximum Gasteiger partial charge on any atom is 0.227 e. The number of aliphatic imine (C=N–C) groups is 1. The van der Waals surface area contributed by atoms with Gasteiger partial charge in [0.05, 0.1) is 35.3 Å². The fraction of sp³-hybridized carbons (Fsp3) is 0.250. The molecule has 6 heterocycles. The summed E-state index contributed by atoms with van der Waals surface area (Å²) in [5, 5.41) is 6.51. The van der Waals surface area contributed by atoms with Crippen LogP contribution in [0, 0.1) is 11.7 Å². The predicted octanol–water partition coefficient (Wildman–Crippen LogP) is 4.87. The standard InChI is InChI=1S/C32H27FN8O/c33-21-6-4-17(5-7-21)27-30-25(8-9-35-27)40-31(41-30)29-23-11-20(13-37-28(23)24-15-36-26(24)16-38-29)19-10-22(14-34-12-19)39-32(42)18-2-1-3-18/h4-14,18,24,26,36H,1-3,15-16H2,(H,39,42)(H,40,41). The van der Waals surface area contributed by atoms with Gasteiger partial charge in [-0.15, -0.1) is 0 Å². The number of aromatic nitrogens is 5. The molecular weight excluding hydrogens is 531 g/mol. The highest BCUT2D eigenvalue weighted by Gasteiger charge is 2.38. The summed E-state index contributed by atoms with van der Waals surface area (Å²) in [6.45, 7) is 1.45. The van der Waals surface area contributed by atoms with Gasteiger partial charge in [0, 0.05) is 65.3 Å². The molecule has 1 saturated carbocycles. The zero-order valence-corrected chi connectivity index (χ0v) is 22.6. The quantitative estimate of drug-likeness (QED) is 0.283. The summed E-state index contributed by atoms with van der Waals surface area (Å²) in [6.07, 6.45) is 10.0. The van der Waals surface area contributed by atoms with Crippen LogP contribution < -0.4 is 10.6 Å². The van der Waals surface area contributed by atoms with E-state index >= 15 is 0 Å². The van der Waals surface area contributed by atoms with E-state index in [0.717, 1.165) is 65.0 Å². The molecular formula is C32H27FN8O. The van der Waals surface area contributed by atoms with Crippen molar-refractivity contribution in [2.45, 2.75) is 31.2 Å². The van der Waals surface area contributed by atoms with Gasteiger partial charge in [-0.05, 0) is 55.3 Å². The second-order valence-electron chi connectivity index (χ2n) is 11.2. The minimum Gasteiger partial charge on any atom is -0.337 e. The normalized spacial score (nSPS) is 19.6. The van der Waals surface area contributed by atoms with Gasteiger partial charge in [0.25, 0.3) is 0 Å². The monoisotopic (exact) mass is 558 g/mol. The van der Waals surface area contributed by atoms with E-state index in [2.05, 4.69) is 31.7 Å². The van der Waals surface area contributed by atoms with Crippen molar-refractivity contribution in [1.29, 1.82) is 0 Å². The lowest BCUT2D eigenvalue weighted by molar-refractivity contribution is -0.122. The van der Waals surface area contributed by atoms with Crippen LogP contribution in [0.5, 0.6) is 0 Å². The molecule has 1 amide bonds. The second-order valence-corrected chi connectivity index (χ2v) is 11.2. The number of H-pyrrole nitrogens is 1. The van der Waals surface area contributed by atoms with Gasteiger partial charge in [-0.1, -0.05) is 6.42 Å². The van der Waals surface area contributed by atoms with Crippen LogP contribution in [-0.4, -0.2) is 55.7 Å². The number of pyridine rings is 3. The highest BCUT2D eigenvalue weighted by Crippen LogP contribution is 2.35. The number of aromatic amines is 1. The molecule has 2 aliphatic heterocycles. The van der Waals surface area contributed by atoms with Crippen LogP contribution in [0.25, 0.3) is 33.4 Å². The summed E-state index contributed by atoms with van der Waals surface area (Å²) in [7, 11) is 0. The lowest BCUT2D eigenvalue weighted by Gasteiger charge is -2.36. The number of hydrogen-bond donors (Lipinski definition) is 3. The molecule has 0 radical (unpaired) electrons. The lowest BCUT2D eigenvalue weighted by Crippen LogP contribution is -2.52. The number of rotatable bonds is 5. The largest absolute Gasteiger partial charge is 0.337 e. The Balaban J connectivity index is 1.20. The number of benzene rings is 1. The lowest BCUT2D eigenvalue weighted by atomic mass is 9.85. The average molecular weight is 559 g/mol. The zero-order chi connectivity index (χ0) is 28.2. The summed E-state index contributed by atoms with van der Waals surface area (Å²) in [4.78, 5) is 39.9. The van der Waals surface area contributed by atoms with Gasteiger partial charge < -0.3 is 15.6 Å². The molecule has 3 aliphatic rings. The highest BCUT2D eigenvalue weighted by atomic mass is 19.1. The summed E-state index contributed by atoms with van der Waals surface area (Å²) >= 11 is 0. The Morgan fingerprint density at radius 3 is 2.62 bits per heavy atom. The van der Waals surface area contributed by atoms with E-state index in [-0.39, 0.29) is 29.6 Å². The second kappa shape index (κ2) is 9.92. The van der Waals surface area contributed by atoms with Crippen molar-refractivity contribution in [3.8, 4) is 22.4 Å². The number of nitrogens with one attached hydrogen (secondary N) is 3. The van der Waals surface area contributed by atoms with Gasteiger partial charge in [0.15, 0.2) is 5.82 Å².